The third kappa shape index (κ3) is 6.71. The Morgan fingerprint density at radius 1 is 1.35 bits per heavy atom. The number of nitriles is 1. The van der Waals surface area contributed by atoms with E-state index in [1.807, 2.05) is 35.8 Å². The standard InChI is InChI=1S/C16H16ClN7.C2HF3O2/c1-2-24-10-20-13-14(21-12-6-3-5-11(17)9-12)22-16(23-15(13)24)19-8-4-7-18;3-2(4,5)1(6)7/h3,5-6,9-10H,2,4,8H2,1H3,(H2,19,21,22,23);(H,6,7). The first-order valence-corrected chi connectivity index (χ1v) is 9.20. The van der Waals surface area contributed by atoms with Gasteiger partial charge in [-0.3, -0.25) is 0 Å². The average molecular weight is 456 g/mol. The number of aromatic nitrogens is 4. The molecule has 0 saturated carbocycles. The number of imidazole rings is 1. The van der Waals surface area contributed by atoms with Crippen molar-refractivity contribution in [2.45, 2.75) is 26.1 Å². The Balaban J connectivity index is 0.000000423. The Bertz CT molecular complexity index is 1100. The van der Waals surface area contributed by atoms with Crippen LogP contribution in [0.15, 0.2) is 30.6 Å². The van der Waals surface area contributed by atoms with Gasteiger partial charge in [0, 0.05) is 23.8 Å². The van der Waals surface area contributed by atoms with E-state index in [2.05, 4.69) is 31.7 Å². The van der Waals surface area contributed by atoms with Crippen molar-refractivity contribution in [3.8, 4) is 6.07 Å². The molecule has 0 bridgehead atoms. The van der Waals surface area contributed by atoms with Crippen molar-refractivity contribution in [2.75, 3.05) is 17.2 Å². The second-order valence-electron chi connectivity index (χ2n) is 5.87. The number of rotatable bonds is 6. The number of hydrogen-bond acceptors (Lipinski definition) is 7. The number of nitrogens with one attached hydrogen (secondary N) is 2. The Labute approximate surface area is 179 Å². The Kier molecular flexibility index (Phi) is 7.98. The quantitative estimate of drug-likeness (QED) is 0.471. The summed E-state index contributed by atoms with van der Waals surface area (Å²) >= 11 is 6.04. The fraction of sp³-hybridized carbons (Fsp3) is 0.278. The molecular weight excluding hydrogens is 439 g/mol. The molecule has 3 rings (SSSR count). The zero-order valence-corrected chi connectivity index (χ0v) is 16.9. The SMILES string of the molecule is CCn1cnc2c(Nc3cccc(Cl)c3)nc(NCCC#N)nc21.O=C(O)C(F)(F)F. The minimum Gasteiger partial charge on any atom is -0.475 e. The molecule has 164 valence electrons. The molecule has 0 atom stereocenters. The van der Waals surface area contributed by atoms with Gasteiger partial charge < -0.3 is 20.3 Å². The number of halogens is 4. The highest BCUT2D eigenvalue weighted by Crippen LogP contribution is 2.25. The van der Waals surface area contributed by atoms with Crippen LogP contribution in [-0.2, 0) is 11.3 Å². The van der Waals surface area contributed by atoms with E-state index in [1.54, 1.807) is 6.33 Å². The number of benzene rings is 1. The van der Waals surface area contributed by atoms with E-state index in [0.717, 1.165) is 17.9 Å². The van der Waals surface area contributed by atoms with Crippen LogP contribution in [0, 0.1) is 11.3 Å². The molecule has 0 fully saturated rings. The summed E-state index contributed by atoms with van der Waals surface area (Å²) in [5.41, 5.74) is 2.23. The normalized spacial score (nSPS) is 10.7. The monoisotopic (exact) mass is 455 g/mol. The van der Waals surface area contributed by atoms with Crippen LogP contribution in [0.1, 0.15) is 13.3 Å². The molecule has 2 heterocycles. The summed E-state index contributed by atoms with van der Waals surface area (Å²) in [6.07, 6.45) is -2.97. The van der Waals surface area contributed by atoms with Gasteiger partial charge in [0.1, 0.15) is 0 Å². The molecule has 0 amide bonds. The second kappa shape index (κ2) is 10.4. The molecule has 0 aliphatic carbocycles. The molecule has 2 aromatic heterocycles. The van der Waals surface area contributed by atoms with Crippen LogP contribution < -0.4 is 10.6 Å². The topological polar surface area (TPSA) is 129 Å². The van der Waals surface area contributed by atoms with Crippen molar-refractivity contribution in [1.29, 1.82) is 5.26 Å². The lowest BCUT2D eigenvalue weighted by Crippen LogP contribution is -2.21. The maximum atomic E-state index is 10.6. The van der Waals surface area contributed by atoms with Crippen molar-refractivity contribution in [3.05, 3.63) is 35.6 Å². The number of fused-ring (bicyclic) bond motifs is 1. The number of carboxylic acid groups (broad SMARTS) is 1. The van der Waals surface area contributed by atoms with E-state index < -0.39 is 12.1 Å². The van der Waals surface area contributed by atoms with Crippen LogP contribution in [0.3, 0.4) is 0 Å². The van der Waals surface area contributed by atoms with Gasteiger partial charge in [-0.1, -0.05) is 17.7 Å². The highest BCUT2D eigenvalue weighted by Gasteiger charge is 2.38. The van der Waals surface area contributed by atoms with Crippen LogP contribution in [0.25, 0.3) is 11.2 Å². The average Bonchev–Trinajstić information content (AvgIpc) is 3.11. The number of aryl methyl sites for hydroxylation is 1. The molecule has 0 aliphatic heterocycles. The summed E-state index contributed by atoms with van der Waals surface area (Å²) in [5, 5.41) is 22.7. The number of nitrogens with zero attached hydrogens (tertiary/aromatic N) is 5. The zero-order valence-electron chi connectivity index (χ0n) is 16.1. The van der Waals surface area contributed by atoms with Crippen LogP contribution >= 0.6 is 11.6 Å². The summed E-state index contributed by atoms with van der Waals surface area (Å²) in [7, 11) is 0. The lowest BCUT2D eigenvalue weighted by molar-refractivity contribution is -0.192. The van der Waals surface area contributed by atoms with Gasteiger partial charge >= 0.3 is 12.1 Å². The van der Waals surface area contributed by atoms with Gasteiger partial charge in [0.15, 0.2) is 17.0 Å². The molecule has 0 radical (unpaired) electrons. The molecule has 9 nitrogen and oxygen atoms in total. The smallest absolute Gasteiger partial charge is 0.475 e. The van der Waals surface area contributed by atoms with Gasteiger partial charge in [-0.15, -0.1) is 0 Å². The van der Waals surface area contributed by atoms with Crippen LogP contribution in [0.5, 0.6) is 0 Å². The van der Waals surface area contributed by atoms with E-state index in [-0.39, 0.29) is 0 Å². The Morgan fingerprint density at radius 3 is 2.65 bits per heavy atom. The third-order valence-corrected chi connectivity index (χ3v) is 3.89. The first-order chi connectivity index (χ1) is 14.7. The van der Waals surface area contributed by atoms with Crippen molar-refractivity contribution < 1.29 is 23.1 Å². The van der Waals surface area contributed by atoms with Crippen molar-refractivity contribution in [3.63, 3.8) is 0 Å². The van der Waals surface area contributed by atoms with Gasteiger partial charge in [0.2, 0.25) is 5.95 Å². The highest BCUT2D eigenvalue weighted by molar-refractivity contribution is 6.30. The molecule has 1 aromatic carbocycles. The number of alkyl halides is 3. The number of anilines is 3. The van der Waals surface area contributed by atoms with Crippen LogP contribution in [0.2, 0.25) is 5.02 Å². The van der Waals surface area contributed by atoms with Crippen LogP contribution in [0.4, 0.5) is 30.6 Å². The highest BCUT2D eigenvalue weighted by atomic mass is 35.5. The van der Waals surface area contributed by atoms with Crippen molar-refractivity contribution in [2.24, 2.45) is 0 Å². The fourth-order valence-corrected chi connectivity index (χ4v) is 2.47. The minimum atomic E-state index is -5.08. The second-order valence-corrected chi connectivity index (χ2v) is 6.31. The summed E-state index contributed by atoms with van der Waals surface area (Å²) in [6.45, 7) is 3.26. The summed E-state index contributed by atoms with van der Waals surface area (Å²) in [6, 6.07) is 9.47. The van der Waals surface area contributed by atoms with E-state index in [1.165, 1.54) is 0 Å². The van der Waals surface area contributed by atoms with Crippen molar-refractivity contribution in [1.82, 2.24) is 19.5 Å². The molecule has 0 saturated heterocycles. The largest absolute Gasteiger partial charge is 0.490 e. The lowest BCUT2D eigenvalue weighted by atomic mass is 10.3. The maximum Gasteiger partial charge on any atom is 0.490 e. The first kappa shape index (κ1) is 23.7. The summed E-state index contributed by atoms with van der Waals surface area (Å²) < 4.78 is 33.7. The van der Waals surface area contributed by atoms with Gasteiger partial charge in [0.05, 0.1) is 18.8 Å². The van der Waals surface area contributed by atoms with E-state index in [9.17, 15) is 13.2 Å². The summed E-state index contributed by atoms with van der Waals surface area (Å²) in [4.78, 5) is 22.3. The predicted octanol–water partition coefficient (Wildman–Crippen LogP) is 4.20. The molecule has 13 heteroatoms. The number of carbonyl (C=O) groups is 1. The maximum absolute atomic E-state index is 10.6. The van der Waals surface area contributed by atoms with Gasteiger partial charge in [-0.2, -0.15) is 28.4 Å². The first-order valence-electron chi connectivity index (χ1n) is 8.82. The molecule has 3 N–H and O–H groups in total. The lowest BCUT2D eigenvalue weighted by Gasteiger charge is -2.10. The Morgan fingerprint density at radius 2 is 2.06 bits per heavy atom. The van der Waals surface area contributed by atoms with Crippen LogP contribution in [-0.4, -0.2) is 43.3 Å². The van der Waals surface area contributed by atoms with E-state index >= 15 is 0 Å². The molecule has 0 unspecified atom stereocenters. The molecule has 3 aromatic rings. The van der Waals surface area contributed by atoms with Crippen molar-refractivity contribution >= 4 is 46.2 Å². The third-order valence-electron chi connectivity index (χ3n) is 3.65. The Hall–Kier alpha value is -3.59. The molecule has 0 aliphatic rings. The van der Waals surface area contributed by atoms with E-state index in [0.29, 0.717) is 35.3 Å². The van der Waals surface area contributed by atoms with E-state index in [4.69, 9.17) is 26.8 Å². The molecule has 0 spiro atoms. The number of hydrogen-bond donors (Lipinski definition) is 3. The minimum absolute atomic E-state index is 0.380. The predicted molar refractivity (Wildman–Crippen MR) is 108 cm³/mol. The molecule has 31 heavy (non-hydrogen) atoms. The van der Waals surface area contributed by atoms with Gasteiger partial charge in [-0.25, -0.2) is 9.78 Å². The summed E-state index contributed by atoms with van der Waals surface area (Å²) in [5.74, 6) is -1.71. The molecular formula is C18H17ClF3N7O2. The van der Waals surface area contributed by atoms with Gasteiger partial charge in [-0.05, 0) is 25.1 Å². The zero-order chi connectivity index (χ0) is 23.0. The number of carboxylic acids is 1. The fourth-order valence-electron chi connectivity index (χ4n) is 2.28. The number of aliphatic carboxylic acids is 1. The van der Waals surface area contributed by atoms with Gasteiger partial charge in [0.25, 0.3) is 0 Å².